The van der Waals surface area contributed by atoms with Gasteiger partial charge in [0.05, 0.1) is 27.6 Å². The van der Waals surface area contributed by atoms with Crippen LogP contribution in [0.15, 0.2) is 40.4 Å². The van der Waals surface area contributed by atoms with Crippen LogP contribution in [-0.4, -0.2) is 25.9 Å². The summed E-state index contributed by atoms with van der Waals surface area (Å²) < 4.78 is -1.64. The fourth-order valence-corrected chi connectivity index (χ4v) is 8.66. The minimum Gasteiger partial charge on any atom is -0.274 e. The topological polar surface area (TPSA) is 37.4 Å². The molecule has 0 spiro atoms. The molecule has 2 saturated carbocycles. The first-order chi connectivity index (χ1) is 13.1. The largest absolute Gasteiger partial charge is 0.274 e. The van der Waals surface area contributed by atoms with Gasteiger partial charge in [0.25, 0.3) is 0 Å². The molecule has 1 aromatic carbocycles. The van der Waals surface area contributed by atoms with Crippen molar-refractivity contribution in [3.05, 3.63) is 40.4 Å². The molecule has 1 aromatic rings. The Hall–Kier alpha value is -0.160. The van der Waals surface area contributed by atoms with Crippen LogP contribution in [0.4, 0.5) is 5.69 Å². The Morgan fingerprint density at radius 2 is 1.21 bits per heavy atom. The first-order valence-electron chi connectivity index (χ1n) is 8.83. The van der Waals surface area contributed by atoms with Gasteiger partial charge in [-0.25, -0.2) is 0 Å². The van der Waals surface area contributed by atoms with Crippen molar-refractivity contribution in [2.45, 2.75) is 26.9 Å². The Kier molecular flexibility index (Phi) is 4.21. The van der Waals surface area contributed by atoms with Crippen LogP contribution >= 0.6 is 69.6 Å². The van der Waals surface area contributed by atoms with Gasteiger partial charge in [-0.05, 0) is 36.8 Å². The van der Waals surface area contributed by atoms with Crippen LogP contribution < -0.4 is 4.90 Å². The van der Waals surface area contributed by atoms with Crippen molar-refractivity contribution in [1.82, 2.24) is 0 Å². The van der Waals surface area contributed by atoms with E-state index >= 15 is 0 Å². The molecule has 1 heterocycles. The normalized spacial score (nSPS) is 43.6. The molecule has 0 N–H and O–H groups in total. The zero-order chi connectivity index (χ0) is 20.2. The van der Waals surface area contributed by atoms with Crippen LogP contribution in [0.3, 0.4) is 0 Å². The highest BCUT2D eigenvalue weighted by atomic mass is 35.5. The summed E-state index contributed by atoms with van der Waals surface area (Å²) in [5.74, 6) is -2.26. The minimum absolute atomic E-state index is 0.132. The number of carbonyl (C=O) groups excluding carboxylic acids is 2. The molecule has 6 atom stereocenters. The third-order valence-corrected chi connectivity index (χ3v) is 11.2. The highest BCUT2D eigenvalue weighted by Gasteiger charge is 2.83. The van der Waals surface area contributed by atoms with E-state index in [2.05, 4.69) is 0 Å². The maximum absolute atomic E-state index is 13.1. The molecule has 0 radical (unpaired) electrons. The average molecular weight is 500 g/mol. The number of anilines is 1. The second kappa shape index (κ2) is 5.96. The van der Waals surface area contributed by atoms with Crippen molar-refractivity contribution in [2.24, 2.45) is 23.7 Å². The van der Waals surface area contributed by atoms with Crippen molar-refractivity contribution in [3.8, 4) is 0 Å². The first kappa shape index (κ1) is 19.8. The minimum atomic E-state index is -1.64. The van der Waals surface area contributed by atoms with Gasteiger partial charge in [-0.3, -0.25) is 14.5 Å². The zero-order valence-corrected chi connectivity index (χ0v) is 18.7. The van der Waals surface area contributed by atoms with Crippen molar-refractivity contribution in [1.29, 1.82) is 0 Å². The van der Waals surface area contributed by atoms with Gasteiger partial charge in [0.2, 0.25) is 11.8 Å². The van der Waals surface area contributed by atoms with Gasteiger partial charge in [-0.2, -0.15) is 0 Å². The fraction of sp³-hybridized carbons (Fsp3) is 0.474. The number of benzene rings is 1. The highest BCUT2D eigenvalue weighted by molar-refractivity contribution is 6.65. The standard InChI is InChI=1S/C19H13Cl6NO2/c20-13-14(21)18(23)12-7-10-9(6-11(12)17(13,22)19(18,24)25)15(27)26(16(10)28)8-4-2-1-3-5-8/h1-5,9-12H,6-7H2/t9-,10-,11-,12-,17-,18-/m1/s1. The second-order valence-electron chi connectivity index (χ2n) is 7.87. The maximum Gasteiger partial charge on any atom is 0.237 e. The Morgan fingerprint density at radius 3 is 1.64 bits per heavy atom. The van der Waals surface area contributed by atoms with Crippen molar-refractivity contribution < 1.29 is 9.59 Å². The van der Waals surface area contributed by atoms with Gasteiger partial charge >= 0.3 is 0 Å². The van der Waals surface area contributed by atoms with Gasteiger partial charge < -0.3 is 0 Å². The van der Waals surface area contributed by atoms with Crippen molar-refractivity contribution in [3.63, 3.8) is 0 Å². The lowest BCUT2D eigenvalue weighted by Gasteiger charge is -2.42. The molecule has 9 heteroatoms. The van der Waals surface area contributed by atoms with Gasteiger partial charge in [0, 0.05) is 0 Å². The van der Waals surface area contributed by atoms with Gasteiger partial charge in [0.15, 0.2) is 4.33 Å². The van der Waals surface area contributed by atoms with E-state index in [1.54, 1.807) is 24.3 Å². The molecule has 2 bridgehead atoms. The summed E-state index contributed by atoms with van der Waals surface area (Å²) in [7, 11) is 0. The lowest BCUT2D eigenvalue weighted by Crippen LogP contribution is -2.44. The number of alkyl halides is 4. The molecular formula is C19H13Cl6NO2. The van der Waals surface area contributed by atoms with Crippen LogP contribution in [0.1, 0.15) is 12.8 Å². The van der Waals surface area contributed by atoms with E-state index in [1.807, 2.05) is 6.07 Å². The Balaban J connectivity index is 1.58. The van der Waals surface area contributed by atoms with E-state index in [1.165, 1.54) is 4.90 Å². The van der Waals surface area contributed by atoms with E-state index in [0.29, 0.717) is 18.5 Å². The molecule has 5 rings (SSSR count). The van der Waals surface area contributed by atoms with Crippen molar-refractivity contribution in [2.75, 3.05) is 4.90 Å². The van der Waals surface area contributed by atoms with Crippen LogP contribution in [0.5, 0.6) is 0 Å². The Labute approximate surface area is 191 Å². The van der Waals surface area contributed by atoms with Crippen LogP contribution in [-0.2, 0) is 9.59 Å². The predicted octanol–water partition coefficient (Wildman–Crippen LogP) is 5.66. The van der Waals surface area contributed by atoms with Crippen molar-refractivity contribution >= 4 is 87.1 Å². The number of nitrogens with zero attached hydrogens (tertiary/aromatic N) is 1. The number of hydrogen-bond donors (Lipinski definition) is 0. The number of halogens is 6. The smallest absolute Gasteiger partial charge is 0.237 e. The summed E-state index contributed by atoms with van der Waals surface area (Å²) in [5, 5.41) is 0.263. The van der Waals surface area contributed by atoms with Crippen LogP contribution in [0, 0.1) is 23.7 Å². The number of hydrogen-bond acceptors (Lipinski definition) is 2. The lowest BCUT2D eigenvalue weighted by molar-refractivity contribution is -0.122. The molecule has 3 nitrogen and oxygen atoms in total. The third-order valence-electron chi connectivity index (χ3n) is 6.84. The maximum atomic E-state index is 13.1. The van der Waals surface area contributed by atoms with E-state index in [-0.39, 0.29) is 33.7 Å². The molecule has 3 aliphatic carbocycles. The molecule has 28 heavy (non-hydrogen) atoms. The summed E-state index contributed by atoms with van der Waals surface area (Å²) in [5.41, 5.74) is 0.555. The first-order valence-corrected chi connectivity index (χ1v) is 11.1. The van der Waals surface area contributed by atoms with E-state index in [4.69, 9.17) is 69.6 Å². The fourth-order valence-electron chi connectivity index (χ4n) is 5.55. The summed E-state index contributed by atoms with van der Waals surface area (Å²) in [6, 6.07) is 8.87. The monoisotopic (exact) mass is 497 g/mol. The molecule has 3 fully saturated rings. The molecule has 2 amide bonds. The van der Waals surface area contributed by atoms with Crippen LogP contribution in [0.25, 0.3) is 0 Å². The van der Waals surface area contributed by atoms with E-state index in [0.717, 1.165) is 0 Å². The van der Waals surface area contributed by atoms with E-state index in [9.17, 15) is 9.59 Å². The highest BCUT2D eigenvalue weighted by Crippen LogP contribution is 2.79. The van der Waals surface area contributed by atoms with Gasteiger partial charge in [-0.15, -0.1) is 23.2 Å². The van der Waals surface area contributed by atoms with E-state index < -0.39 is 25.9 Å². The molecule has 1 saturated heterocycles. The van der Waals surface area contributed by atoms with Gasteiger partial charge in [-0.1, -0.05) is 64.6 Å². The van der Waals surface area contributed by atoms with Crippen LogP contribution in [0.2, 0.25) is 0 Å². The number of para-hydroxylation sites is 1. The molecule has 148 valence electrons. The summed E-state index contributed by atoms with van der Waals surface area (Å²) >= 11 is 39.9. The Bertz CT molecular complexity index is 895. The average Bonchev–Trinajstić information content (AvgIpc) is 3.04. The summed E-state index contributed by atoms with van der Waals surface area (Å²) in [6.45, 7) is 0. The molecule has 0 unspecified atom stereocenters. The third kappa shape index (κ3) is 1.98. The Morgan fingerprint density at radius 1 is 0.786 bits per heavy atom. The number of allylic oxidation sites excluding steroid dienone is 2. The number of imide groups is 1. The number of carbonyl (C=O) groups is 2. The lowest BCUT2D eigenvalue weighted by atomic mass is 9.65. The van der Waals surface area contributed by atoms with Gasteiger partial charge in [0.1, 0.15) is 9.75 Å². The number of fused-ring (bicyclic) bond motifs is 6. The quantitative estimate of drug-likeness (QED) is 0.369. The summed E-state index contributed by atoms with van der Waals surface area (Å²) in [6.07, 6.45) is 0.644. The summed E-state index contributed by atoms with van der Waals surface area (Å²) in [4.78, 5) is 24.7. The molecular weight excluding hydrogens is 487 g/mol. The number of amides is 2. The molecule has 1 aliphatic heterocycles. The SMILES string of the molecule is O=C1[C@@H]2C[C@@H]3[C@@H](C[C@H]2C(=O)N1c1ccccc1)[C@@]1(Cl)C(Cl)=C(Cl)[C@@]3(Cl)C1(Cl)Cl. The predicted molar refractivity (Wildman–Crippen MR) is 112 cm³/mol. The molecule has 4 aliphatic rings. The zero-order valence-electron chi connectivity index (χ0n) is 14.1. The number of rotatable bonds is 1. The molecule has 0 aromatic heterocycles. The second-order valence-corrected chi connectivity index (χ2v) is 11.1.